The van der Waals surface area contributed by atoms with Gasteiger partial charge in [0, 0.05) is 5.56 Å². The lowest BCUT2D eigenvalue weighted by Gasteiger charge is -2.38. The lowest BCUT2D eigenvalue weighted by atomic mass is 9.88. The van der Waals surface area contributed by atoms with E-state index in [4.69, 9.17) is 15.2 Å². The molecule has 0 saturated carbocycles. The Balaban J connectivity index is 1.74. The van der Waals surface area contributed by atoms with Crippen molar-refractivity contribution in [3.63, 3.8) is 0 Å². The molecule has 35 heavy (non-hydrogen) atoms. The predicted molar refractivity (Wildman–Crippen MR) is 133 cm³/mol. The van der Waals surface area contributed by atoms with Crippen molar-refractivity contribution >= 4 is 21.5 Å². The van der Waals surface area contributed by atoms with Crippen molar-refractivity contribution in [2.45, 2.75) is 19.4 Å². The highest BCUT2D eigenvalue weighted by Crippen LogP contribution is 2.51. The molecule has 7 nitrogen and oxygen atoms in total. The Morgan fingerprint density at radius 2 is 1.83 bits per heavy atom. The molecule has 2 heterocycles. The number of nitriles is 1. The van der Waals surface area contributed by atoms with E-state index in [1.165, 1.54) is 4.31 Å². The van der Waals surface area contributed by atoms with Gasteiger partial charge in [-0.15, -0.1) is 0 Å². The van der Waals surface area contributed by atoms with Crippen LogP contribution in [0.4, 0.5) is 5.69 Å². The molecular weight excluding hydrogens is 462 g/mol. The summed E-state index contributed by atoms with van der Waals surface area (Å²) in [5.41, 5.74) is 9.73. The van der Waals surface area contributed by atoms with Crippen molar-refractivity contribution in [2.24, 2.45) is 5.73 Å². The second kappa shape index (κ2) is 8.53. The van der Waals surface area contributed by atoms with E-state index in [9.17, 15) is 13.7 Å². The van der Waals surface area contributed by atoms with Crippen LogP contribution in [-0.4, -0.2) is 15.5 Å². The summed E-state index contributed by atoms with van der Waals surface area (Å²) in [5.74, 6) is -0.200. The van der Waals surface area contributed by atoms with Gasteiger partial charge in [0.15, 0.2) is 5.76 Å². The second-order valence-corrected chi connectivity index (χ2v) is 10.2. The monoisotopic (exact) mass is 485 g/mol. The molecule has 8 heteroatoms. The SMILES string of the molecule is COc1cccc(CN2c3ccccc3C3=C([C@H](c4ccc(C)cc4)C(C#N)=C(N)O3)S2(=O)=O)c1. The van der Waals surface area contributed by atoms with Gasteiger partial charge in [0.05, 0.1) is 25.3 Å². The third-order valence-corrected chi connectivity index (χ3v) is 8.11. The molecule has 2 aliphatic heterocycles. The lowest BCUT2D eigenvalue weighted by Crippen LogP contribution is -2.39. The van der Waals surface area contributed by atoms with Crippen LogP contribution in [-0.2, 0) is 21.3 Å². The fourth-order valence-corrected chi connectivity index (χ4v) is 6.42. The third kappa shape index (κ3) is 3.70. The fraction of sp³-hybridized carbons (Fsp3) is 0.148. The minimum atomic E-state index is -4.12. The van der Waals surface area contributed by atoms with Crippen molar-refractivity contribution in [3.8, 4) is 11.8 Å². The van der Waals surface area contributed by atoms with Crippen molar-refractivity contribution < 1.29 is 17.9 Å². The van der Waals surface area contributed by atoms with Crippen LogP contribution in [0, 0.1) is 18.3 Å². The molecule has 0 aliphatic carbocycles. The molecule has 176 valence electrons. The molecule has 0 fully saturated rings. The number of hydrogen-bond donors (Lipinski definition) is 1. The van der Waals surface area contributed by atoms with Crippen LogP contribution >= 0.6 is 0 Å². The number of benzene rings is 3. The average Bonchev–Trinajstić information content (AvgIpc) is 2.86. The van der Waals surface area contributed by atoms with Crippen LogP contribution in [0.3, 0.4) is 0 Å². The first-order valence-corrected chi connectivity index (χ1v) is 12.4. The van der Waals surface area contributed by atoms with Gasteiger partial charge in [-0.05, 0) is 42.3 Å². The predicted octanol–water partition coefficient (Wildman–Crippen LogP) is 4.53. The maximum absolute atomic E-state index is 14.3. The number of para-hydroxylation sites is 1. The zero-order valence-electron chi connectivity index (χ0n) is 19.2. The zero-order valence-corrected chi connectivity index (χ0v) is 20.0. The minimum Gasteiger partial charge on any atom is -0.497 e. The normalized spacial score (nSPS) is 18.3. The molecule has 0 aromatic heterocycles. The topological polar surface area (TPSA) is 106 Å². The van der Waals surface area contributed by atoms with Gasteiger partial charge in [0.25, 0.3) is 10.0 Å². The molecule has 0 amide bonds. The molecule has 0 spiro atoms. The average molecular weight is 486 g/mol. The van der Waals surface area contributed by atoms with Gasteiger partial charge >= 0.3 is 0 Å². The van der Waals surface area contributed by atoms with Gasteiger partial charge in [0.2, 0.25) is 5.88 Å². The van der Waals surface area contributed by atoms with E-state index >= 15 is 0 Å². The van der Waals surface area contributed by atoms with Crippen LogP contribution in [0.25, 0.3) is 5.76 Å². The molecule has 0 saturated heterocycles. The Labute approximate surface area is 204 Å². The molecule has 3 aromatic carbocycles. The maximum Gasteiger partial charge on any atom is 0.265 e. The Bertz CT molecular complexity index is 1530. The number of methoxy groups -OCH3 is 1. The summed E-state index contributed by atoms with van der Waals surface area (Å²) >= 11 is 0. The number of hydrogen-bond acceptors (Lipinski definition) is 6. The van der Waals surface area contributed by atoms with Gasteiger partial charge in [0.1, 0.15) is 22.3 Å². The summed E-state index contributed by atoms with van der Waals surface area (Å²) in [5, 5.41) is 9.95. The summed E-state index contributed by atoms with van der Waals surface area (Å²) in [6, 6.07) is 23.9. The summed E-state index contributed by atoms with van der Waals surface area (Å²) in [7, 11) is -2.56. The number of fused-ring (bicyclic) bond motifs is 2. The van der Waals surface area contributed by atoms with E-state index in [2.05, 4.69) is 6.07 Å². The number of ether oxygens (including phenoxy) is 2. The van der Waals surface area contributed by atoms with E-state index in [1.807, 2.05) is 49.4 Å². The van der Waals surface area contributed by atoms with Crippen LogP contribution < -0.4 is 14.8 Å². The first kappa shape index (κ1) is 22.6. The molecule has 2 N–H and O–H groups in total. The highest BCUT2D eigenvalue weighted by molar-refractivity contribution is 7.96. The lowest BCUT2D eigenvalue weighted by molar-refractivity contribution is 0.357. The highest BCUT2D eigenvalue weighted by Gasteiger charge is 2.47. The van der Waals surface area contributed by atoms with Crippen molar-refractivity contribution in [1.29, 1.82) is 5.26 Å². The number of sulfonamides is 1. The first-order valence-electron chi connectivity index (χ1n) is 11.0. The van der Waals surface area contributed by atoms with E-state index in [0.29, 0.717) is 22.6 Å². The number of anilines is 1. The Hall–Kier alpha value is -4.22. The Morgan fingerprint density at radius 1 is 1.09 bits per heavy atom. The number of rotatable bonds is 4. The summed E-state index contributed by atoms with van der Waals surface area (Å²) in [6.07, 6.45) is 0. The van der Waals surface area contributed by atoms with E-state index < -0.39 is 15.9 Å². The van der Waals surface area contributed by atoms with Gasteiger partial charge < -0.3 is 15.2 Å². The van der Waals surface area contributed by atoms with Crippen molar-refractivity contribution in [3.05, 3.63) is 111 Å². The van der Waals surface area contributed by atoms with Crippen LogP contribution in [0.2, 0.25) is 0 Å². The van der Waals surface area contributed by atoms with Crippen LogP contribution in [0.1, 0.15) is 28.2 Å². The highest BCUT2D eigenvalue weighted by atomic mass is 32.2. The van der Waals surface area contributed by atoms with Crippen molar-refractivity contribution in [2.75, 3.05) is 11.4 Å². The molecule has 0 unspecified atom stereocenters. The molecular formula is C27H23N3O4S. The smallest absolute Gasteiger partial charge is 0.265 e. The zero-order chi connectivity index (χ0) is 24.7. The van der Waals surface area contributed by atoms with Gasteiger partial charge in [-0.2, -0.15) is 5.26 Å². The van der Waals surface area contributed by atoms with Crippen LogP contribution in [0.5, 0.6) is 5.75 Å². The van der Waals surface area contributed by atoms with Crippen molar-refractivity contribution in [1.82, 2.24) is 0 Å². The molecule has 0 radical (unpaired) electrons. The maximum atomic E-state index is 14.3. The summed E-state index contributed by atoms with van der Waals surface area (Å²) in [6.45, 7) is 2.02. The largest absolute Gasteiger partial charge is 0.497 e. The Kier molecular flexibility index (Phi) is 5.50. The van der Waals surface area contributed by atoms with E-state index in [-0.39, 0.29) is 28.7 Å². The van der Waals surface area contributed by atoms with Gasteiger partial charge in [-0.25, -0.2) is 8.42 Å². The molecule has 3 aromatic rings. The quantitative estimate of drug-likeness (QED) is 0.582. The van der Waals surface area contributed by atoms with Crippen LogP contribution in [0.15, 0.2) is 89.2 Å². The van der Waals surface area contributed by atoms with Gasteiger partial charge in [-0.1, -0.05) is 54.1 Å². The fourth-order valence-electron chi connectivity index (χ4n) is 4.51. The minimum absolute atomic E-state index is 0.00805. The molecule has 1 atom stereocenters. The third-order valence-electron chi connectivity index (χ3n) is 6.23. The standard InChI is InChI=1S/C27H23N3O4S/c1-17-10-12-19(13-11-17)24-22(15-28)27(29)34-25-21-8-3-4-9-23(21)30(35(31,32)26(24)25)16-18-6-5-7-20(14-18)33-2/h3-14,24H,16,29H2,1-2H3/t24-/m1/s1. The molecule has 0 bridgehead atoms. The van der Waals surface area contributed by atoms with E-state index in [1.54, 1.807) is 37.4 Å². The summed E-state index contributed by atoms with van der Waals surface area (Å²) in [4.78, 5) is 0.00805. The molecule has 5 rings (SSSR count). The molecule has 2 aliphatic rings. The van der Waals surface area contributed by atoms with E-state index in [0.717, 1.165) is 11.1 Å². The van der Waals surface area contributed by atoms with Gasteiger partial charge in [-0.3, -0.25) is 4.31 Å². The first-order chi connectivity index (χ1) is 16.8. The summed E-state index contributed by atoms with van der Waals surface area (Å²) < 4.78 is 41.1. The number of aryl methyl sites for hydroxylation is 1. The number of allylic oxidation sites excluding steroid dienone is 2. The second-order valence-electron chi connectivity index (χ2n) is 8.41. The Morgan fingerprint density at radius 3 is 2.54 bits per heavy atom. The number of nitrogens with two attached hydrogens (primary N) is 1. The number of nitrogens with zero attached hydrogens (tertiary/aromatic N) is 2.